The minimum Gasteiger partial charge on any atom is -0.309 e. The summed E-state index contributed by atoms with van der Waals surface area (Å²) in [5.74, 6) is 0. The third kappa shape index (κ3) is 7.96. The van der Waals surface area contributed by atoms with Crippen LogP contribution < -0.4 is 0 Å². The Balaban J connectivity index is 0.847. The van der Waals surface area contributed by atoms with Gasteiger partial charge < -0.3 is 18.3 Å². The SMILES string of the molecule is N#Cc1ccc(-n2c3ccccc3c3cc(-c4ccc(-n5c6ccccc6c6ccccc65)c(C(F)(F)F)c4)ccc32)c(-c2cc(C#N)ccc2-n2c3ccccc3c3cc(-c4ccc(-n5c6ccccc6c6ccccc65)c(C(F)(F)F)c4)ccc32)c1. The number of fused-ring (bicyclic) bond motifs is 12. The second-order valence-electron chi connectivity index (χ2n) is 22.1. The summed E-state index contributed by atoms with van der Waals surface area (Å²) in [7, 11) is 0. The molecule has 4 aromatic heterocycles. The van der Waals surface area contributed by atoms with E-state index in [4.69, 9.17) is 0 Å². The summed E-state index contributed by atoms with van der Waals surface area (Å²) in [4.78, 5) is 0. The molecule has 0 aliphatic rings. The molecule has 0 saturated carbocycles. The van der Waals surface area contributed by atoms with Gasteiger partial charge >= 0.3 is 12.4 Å². The molecule has 0 amide bonds. The van der Waals surface area contributed by atoms with Crippen LogP contribution in [0.15, 0.2) is 255 Å². The molecule has 0 atom stereocenters. The Hall–Kier alpha value is -11.6. The Bertz CT molecular complexity index is 5260. The first-order valence-corrected chi connectivity index (χ1v) is 28.4. The van der Waals surface area contributed by atoms with Gasteiger partial charge in [0.25, 0.3) is 0 Å². The third-order valence-electron chi connectivity index (χ3n) is 17.3. The zero-order chi connectivity index (χ0) is 59.7. The Kier molecular flexibility index (Phi) is 11.5. The van der Waals surface area contributed by atoms with E-state index in [0.717, 1.165) is 65.2 Å². The van der Waals surface area contributed by atoms with Gasteiger partial charge in [0, 0.05) is 54.2 Å². The Morgan fingerprint density at radius 3 is 0.807 bits per heavy atom. The molecular weight excluding hydrogens is 1110 g/mol. The Morgan fingerprint density at radius 1 is 0.250 bits per heavy atom. The minimum atomic E-state index is -4.71. The monoisotopic (exact) mass is 1150 g/mol. The molecule has 12 aromatic carbocycles. The average molecular weight is 1150 g/mol. The van der Waals surface area contributed by atoms with Gasteiger partial charge in [0.2, 0.25) is 0 Å². The first kappa shape index (κ1) is 52.0. The summed E-state index contributed by atoms with van der Waals surface area (Å²) < 4.78 is 100. The van der Waals surface area contributed by atoms with Gasteiger partial charge in [0.05, 0.1) is 101 Å². The van der Waals surface area contributed by atoms with Gasteiger partial charge in [-0.05, 0) is 144 Å². The van der Waals surface area contributed by atoms with Crippen LogP contribution >= 0.6 is 0 Å². The van der Waals surface area contributed by atoms with Crippen LogP contribution in [0, 0.1) is 22.7 Å². The molecule has 0 radical (unpaired) electrons. The summed E-state index contributed by atoms with van der Waals surface area (Å²) in [6.07, 6.45) is -9.41. The lowest BCUT2D eigenvalue weighted by molar-refractivity contribution is -0.138. The lowest BCUT2D eigenvalue weighted by Crippen LogP contribution is -2.11. The van der Waals surface area contributed by atoms with Crippen molar-refractivity contribution in [1.82, 2.24) is 18.3 Å². The predicted octanol–water partition coefficient (Wildman–Crippen LogP) is 20.9. The van der Waals surface area contributed by atoms with Crippen LogP contribution in [0.5, 0.6) is 0 Å². The van der Waals surface area contributed by atoms with Crippen molar-refractivity contribution in [3.63, 3.8) is 0 Å². The van der Waals surface area contributed by atoms with Crippen LogP contribution in [0.2, 0.25) is 0 Å². The maximum atomic E-state index is 15.5. The van der Waals surface area contributed by atoms with Gasteiger partial charge in [-0.25, -0.2) is 0 Å². The highest BCUT2D eigenvalue weighted by Gasteiger charge is 2.37. The van der Waals surface area contributed by atoms with Crippen molar-refractivity contribution in [2.45, 2.75) is 12.4 Å². The van der Waals surface area contributed by atoms with Gasteiger partial charge in [-0.15, -0.1) is 0 Å². The number of hydrogen-bond donors (Lipinski definition) is 0. The van der Waals surface area contributed by atoms with Crippen molar-refractivity contribution in [2.24, 2.45) is 0 Å². The second kappa shape index (κ2) is 19.5. The molecule has 0 saturated heterocycles. The molecule has 4 heterocycles. The van der Waals surface area contributed by atoms with Crippen molar-refractivity contribution in [1.29, 1.82) is 10.5 Å². The largest absolute Gasteiger partial charge is 0.418 e. The standard InChI is InChI=1S/C76H42F6N6/c77-75(78,79)61-41-49(29-35-73(61)87-63-19-7-1-13-51(63)52-14-2-8-20-64(52)87)47-27-33-71-59(39-47)55-17-5-11-23-67(55)85(71)69-31-25-45(43-83)37-57(69)58-38-46(44-84)26-32-70(58)86-68-24-12-6-18-56(68)60-40-48(28-34-72(60)86)50-30-36-74(62(42-50)76(80,81)82)88-65-21-9-3-15-53(65)54-16-4-10-22-66(54)88/h1-42H. The van der Waals surface area contributed by atoms with Crippen molar-refractivity contribution < 1.29 is 26.3 Å². The Labute approximate surface area is 497 Å². The molecule has 0 N–H and O–H groups in total. The number of nitrogens with zero attached hydrogens (tertiary/aromatic N) is 6. The summed E-state index contributed by atoms with van der Waals surface area (Å²) in [5, 5.41) is 27.7. The van der Waals surface area contributed by atoms with Gasteiger partial charge in [-0.2, -0.15) is 36.9 Å². The first-order valence-electron chi connectivity index (χ1n) is 28.4. The van der Waals surface area contributed by atoms with Gasteiger partial charge in [-0.3, -0.25) is 0 Å². The van der Waals surface area contributed by atoms with E-state index in [2.05, 4.69) is 21.3 Å². The molecule has 0 spiro atoms. The lowest BCUT2D eigenvalue weighted by Gasteiger charge is -2.19. The number of alkyl halides is 6. The van der Waals surface area contributed by atoms with Crippen molar-refractivity contribution >= 4 is 87.2 Å². The molecule has 0 bridgehead atoms. The van der Waals surface area contributed by atoms with Crippen LogP contribution in [0.3, 0.4) is 0 Å². The Morgan fingerprint density at radius 2 is 0.500 bits per heavy atom. The fourth-order valence-electron chi connectivity index (χ4n) is 13.5. The van der Waals surface area contributed by atoms with E-state index in [1.54, 1.807) is 57.7 Å². The van der Waals surface area contributed by atoms with E-state index in [9.17, 15) is 10.5 Å². The van der Waals surface area contributed by atoms with Crippen molar-refractivity contribution in [3.8, 4) is 68.3 Å². The summed E-state index contributed by atoms with van der Waals surface area (Å²) in [5.41, 5.74) is 9.38. The number of rotatable bonds is 7. The quantitative estimate of drug-likeness (QED) is 0.149. The lowest BCUT2D eigenvalue weighted by atomic mass is 9.96. The fourth-order valence-corrected chi connectivity index (χ4v) is 13.5. The number of nitriles is 2. The highest BCUT2D eigenvalue weighted by molar-refractivity contribution is 6.14. The van der Waals surface area contributed by atoms with Crippen LogP contribution in [0.25, 0.3) is 143 Å². The molecule has 0 unspecified atom stereocenters. The molecule has 6 nitrogen and oxygen atoms in total. The molecule has 0 aliphatic carbocycles. The summed E-state index contributed by atoms with van der Waals surface area (Å²) in [6, 6.07) is 81.3. The molecule has 16 aromatic rings. The minimum absolute atomic E-state index is 0.0195. The van der Waals surface area contributed by atoms with Gasteiger partial charge in [-0.1, -0.05) is 133 Å². The van der Waals surface area contributed by atoms with Crippen LogP contribution in [0.1, 0.15) is 22.3 Å². The van der Waals surface area contributed by atoms with Crippen LogP contribution in [-0.4, -0.2) is 18.3 Å². The maximum Gasteiger partial charge on any atom is 0.418 e. The zero-order valence-electron chi connectivity index (χ0n) is 46.2. The summed E-state index contributed by atoms with van der Waals surface area (Å²) >= 11 is 0. The number of para-hydroxylation sites is 6. The zero-order valence-corrected chi connectivity index (χ0v) is 46.2. The first-order chi connectivity index (χ1) is 42.8. The normalized spacial score (nSPS) is 12.2. The predicted molar refractivity (Wildman–Crippen MR) is 340 cm³/mol. The molecule has 418 valence electrons. The van der Waals surface area contributed by atoms with Crippen LogP contribution in [-0.2, 0) is 12.4 Å². The maximum absolute atomic E-state index is 15.5. The number of aromatic nitrogens is 4. The summed E-state index contributed by atoms with van der Waals surface area (Å²) in [6.45, 7) is 0. The number of halogens is 6. The topological polar surface area (TPSA) is 67.3 Å². The van der Waals surface area contributed by atoms with Gasteiger partial charge in [0.1, 0.15) is 0 Å². The average Bonchev–Trinajstić information content (AvgIpc) is 1.64. The molecule has 12 heteroatoms. The smallest absolute Gasteiger partial charge is 0.309 e. The molecule has 0 aliphatic heterocycles. The molecule has 16 rings (SSSR count). The van der Waals surface area contributed by atoms with E-state index in [1.165, 1.54) is 12.1 Å². The number of hydrogen-bond acceptors (Lipinski definition) is 2. The molecule has 88 heavy (non-hydrogen) atoms. The van der Waals surface area contributed by atoms with E-state index >= 15 is 26.3 Å². The highest BCUT2D eigenvalue weighted by atomic mass is 19.4. The van der Waals surface area contributed by atoms with Crippen molar-refractivity contribution in [3.05, 3.63) is 277 Å². The number of benzene rings is 12. The van der Waals surface area contributed by atoms with E-state index < -0.39 is 23.5 Å². The second-order valence-corrected chi connectivity index (χ2v) is 22.1. The molecular formula is C76H42F6N6. The third-order valence-corrected chi connectivity index (χ3v) is 17.3. The van der Waals surface area contributed by atoms with E-state index in [0.29, 0.717) is 77.9 Å². The van der Waals surface area contributed by atoms with Crippen LogP contribution in [0.4, 0.5) is 26.3 Å². The van der Waals surface area contributed by atoms with Gasteiger partial charge in [0.15, 0.2) is 0 Å². The fraction of sp³-hybridized carbons (Fsp3) is 0.0263. The van der Waals surface area contributed by atoms with E-state index in [-0.39, 0.29) is 11.4 Å². The van der Waals surface area contributed by atoms with Crippen molar-refractivity contribution in [2.75, 3.05) is 0 Å². The highest BCUT2D eigenvalue weighted by Crippen LogP contribution is 2.47. The van der Waals surface area contributed by atoms with E-state index in [1.807, 2.05) is 194 Å². The molecule has 0 fully saturated rings.